The molecule has 0 amide bonds. The van der Waals surface area contributed by atoms with Crippen LogP contribution in [0.3, 0.4) is 0 Å². The molecule has 0 saturated carbocycles. The molecule has 0 aliphatic carbocycles. The number of hydrogen-bond acceptors (Lipinski definition) is 5. The van der Waals surface area contributed by atoms with E-state index in [1.165, 1.54) is 5.56 Å². The lowest BCUT2D eigenvalue weighted by atomic mass is 10.1. The normalized spacial score (nSPS) is 18.6. The van der Waals surface area contributed by atoms with Gasteiger partial charge >= 0.3 is 0 Å². The van der Waals surface area contributed by atoms with Gasteiger partial charge in [0.05, 0.1) is 13.2 Å². The molecular weight excluding hydrogens is 240 g/mol. The zero-order valence-corrected chi connectivity index (χ0v) is 10.9. The van der Waals surface area contributed by atoms with Crippen LogP contribution in [0.2, 0.25) is 0 Å². The van der Waals surface area contributed by atoms with Gasteiger partial charge in [0.15, 0.2) is 0 Å². The minimum absolute atomic E-state index is 0.306. The van der Waals surface area contributed by atoms with Crippen molar-refractivity contribution >= 4 is 5.95 Å². The summed E-state index contributed by atoms with van der Waals surface area (Å²) in [4.78, 5) is 15.2. The van der Waals surface area contributed by atoms with Gasteiger partial charge in [0.2, 0.25) is 11.8 Å². The van der Waals surface area contributed by atoms with Gasteiger partial charge in [0, 0.05) is 31.2 Å². The Bertz CT molecular complexity index is 546. The smallest absolute Gasteiger partial charge is 0.229 e. The third kappa shape index (κ3) is 2.36. The monoisotopic (exact) mass is 256 g/mol. The molecule has 3 heterocycles. The van der Waals surface area contributed by atoms with Crippen molar-refractivity contribution < 1.29 is 4.74 Å². The molecule has 5 heteroatoms. The standard InChI is InChI=1S/C14H16N4O/c1-19-13-6-8-16-14(17-13)18-9-3-5-12(18)11-4-2-7-15-10-11/h2,4,6-8,10,12H,3,5,9H2,1H3. The van der Waals surface area contributed by atoms with E-state index in [0.717, 1.165) is 25.3 Å². The van der Waals surface area contributed by atoms with Crippen LogP contribution < -0.4 is 9.64 Å². The van der Waals surface area contributed by atoms with Gasteiger partial charge in [-0.25, -0.2) is 4.98 Å². The average molecular weight is 256 g/mol. The second-order valence-corrected chi connectivity index (χ2v) is 4.54. The molecule has 0 aromatic carbocycles. The quantitative estimate of drug-likeness (QED) is 0.842. The Balaban J connectivity index is 1.90. The molecule has 2 aromatic rings. The molecule has 2 aromatic heterocycles. The molecule has 5 nitrogen and oxygen atoms in total. The van der Waals surface area contributed by atoms with Crippen LogP contribution in [0, 0.1) is 0 Å². The molecule has 0 radical (unpaired) electrons. The molecule has 98 valence electrons. The van der Waals surface area contributed by atoms with Crippen molar-refractivity contribution in [2.75, 3.05) is 18.6 Å². The van der Waals surface area contributed by atoms with Gasteiger partial charge in [-0.3, -0.25) is 4.98 Å². The van der Waals surface area contributed by atoms with E-state index in [2.05, 4.69) is 25.9 Å². The van der Waals surface area contributed by atoms with Crippen LogP contribution >= 0.6 is 0 Å². The Kier molecular flexibility index (Phi) is 3.27. The van der Waals surface area contributed by atoms with Gasteiger partial charge < -0.3 is 9.64 Å². The lowest BCUT2D eigenvalue weighted by molar-refractivity contribution is 0.396. The molecule has 1 aliphatic rings. The van der Waals surface area contributed by atoms with Crippen LogP contribution in [-0.2, 0) is 0 Å². The number of pyridine rings is 1. The van der Waals surface area contributed by atoms with Gasteiger partial charge in [-0.15, -0.1) is 0 Å². The highest BCUT2D eigenvalue weighted by atomic mass is 16.5. The molecule has 1 atom stereocenters. The maximum absolute atomic E-state index is 5.17. The topological polar surface area (TPSA) is 51.1 Å². The molecule has 1 fully saturated rings. The van der Waals surface area contributed by atoms with Crippen molar-refractivity contribution in [1.82, 2.24) is 15.0 Å². The summed E-state index contributed by atoms with van der Waals surface area (Å²) in [6.07, 6.45) is 7.69. The number of ether oxygens (including phenoxy) is 1. The predicted octanol–water partition coefficient (Wildman–Crippen LogP) is 2.22. The SMILES string of the molecule is COc1ccnc(N2CCCC2c2cccnc2)n1. The van der Waals surface area contributed by atoms with E-state index in [1.807, 2.05) is 12.3 Å². The molecule has 19 heavy (non-hydrogen) atoms. The third-order valence-corrected chi connectivity index (χ3v) is 3.41. The lowest BCUT2D eigenvalue weighted by Crippen LogP contribution is -2.24. The predicted molar refractivity (Wildman–Crippen MR) is 72.1 cm³/mol. The summed E-state index contributed by atoms with van der Waals surface area (Å²) < 4.78 is 5.17. The highest BCUT2D eigenvalue weighted by Crippen LogP contribution is 2.34. The number of rotatable bonds is 3. The first-order chi connectivity index (χ1) is 9.38. The summed E-state index contributed by atoms with van der Waals surface area (Å²) in [5, 5.41) is 0. The van der Waals surface area contributed by atoms with Gasteiger partial charge in [0.1, 0.15) is 0 Å². The third-order valence-electron chi connectivity index (χ3n) is 3.41. The van der Waals surface area contributed by atoms with Gasteiger partial charge in [-0.2, -0.15) is 4.98 Å². The number of methoxy groups -OCH3 is 1. The Morgan fingerprint density at radius 2 is 2.26 bits per heavy atom. The van der Waals surface area contributed by atoms with E-state index in [-0.39, 0.29) is 0 Å². The van der Waals surface area contributed by atoms with Gasteiger partial charge in [0.25, 0.3) is 0 Å². The highest BCUT2D eigenvalue weighted by Gasteiger charge is 2.28. The van der Waals surface area contributed by atoms with Crippen LogP contribution in [0.25, 0.3) is 0 Å². The maximum Gasteiger partial charge on any atom is 0.229 e. The van der Waals surface area contributed by atoms with Gasteiger partial charge in [-0.1, -0.05) is 6.07 Å². The Morgan fingerprint density at radius 3 is 3.05 bits per heavy atom. The minimum atomic E-state index is 0.306. The summed E-state index contributed by atoms with van der Waals surface area (Å²) in [6.45, 7) is 0.965. The second-order valence-electron chi connectivity index (χ2n) is 4.54. The van der Waals surface area contributed by atoms with E-state index in [9.17, 15) is 0 Å². The highest BCUT2D eigenvalue weighted by molar-refractivity contribution is 5.38. The molecule has 3 rings (SSSR count). The Hall–Kier alpha value is -2.17. The molecule has 0 bridgehead atoms. The average Bonchev–Trinajstić information content (AvgIpc) is 2.98. The number of nitrogens with zero attached hydrogens (tertiary/aromatic N) is 4. The summed E-state index contributed by atoms with van der Waals surface area (Å²) in [5.74, 6) is 1.33. The van der Waals surface area contributed by atoms with Crippen molar-refractivity contribution in [1.29, 1.82) is 0 Å². The summed E-state index contributed by atoms with van der Waals surface area (Å²) in [6, 6.07) is 6.15. The van der Waals surface area contributed by atoms with E-state index >= 15 is 0 Å². The lowest BCUT2D eigenvalue weighted by Gasteiger charge is -2.24. The molecule has 0 N–H and O–H groups in total. The van der Waals surface area contributed by atoms with Crippen molar-refractivity contribution in [3.63, 3.8) is 0 Å². The van der Waals surface area contributed by atoms with Crippen molar-refractivity contribution in [3.05, 3.63) is 42.4 Å². The Labute approximate surface area is 112 Å². The molecule has 1 unspecified atom stereocenters. The van der Waals surface area contributed by atoms with Crippen LogP contribution in [0.1, 0.15) is 24.4 Å². The second kappa shape index (κ2) is 5.22. The molecule has 1 saturated heterocycles. The Morgan fingerprint density at radius 1 is 1.32 bits per heavy atom. The summed E-state index contributed by atoms with van der Waals surface area (Å²) >= 11 is 0. The van der Waals surface area contributed by atoms with Crippen molar-refractivity contribution in [2.24, 2.45) is 0 Å². The van der Waals surface area contributed by atoms with Crippen molar-refractivity contribution in [3.8, 4) is 5.88 Å². The van der Waals surface area contributed by atoms with E-state index < -0.39 is 0 Å². The molecular formula is C14H16N4O. The largest absolute Gasteiger partial charge is 0.481 e. The first kappa shape index (κ1) is 11.9. The van der Waals surface area contributed by atoms with Crippen molar-refractivity contribution in [2.45, 2.75) is 18.9 Å². The fourth-order valence-corrected chi connectivity index (χ4v) is 2.51. The van der Waals surface area contributed by atoms with E-state index in [4.69, 9.17) is 4.74 Å². The fraction of sp³-hybridized carbons (Fsp3) is 0.357. The molecule has 1 aliphatic heterocycles. The van der Waals surface area contributed by atoms with E-state index in [0.29, 0.717) is 11.9 Å². The zero-order valence-electron chi connectivity index (χ0n) is 10.9. The van der Waals surface area contributed by atoms with E-state index in [1.54, 1.807) is 25.6 Å². The van der Waals surface area contributed by atoms with Crippen LogP contribution in [-0.4, -0.2) is 28.6 Å². The zero-order chi connectivity index (χ0) is 13.1. The fourth-order valence-electron chi connectivity index (χ4n) is 2.51. The number of aromatic nitrogens is 3. The van der Waals surface area contributed by atoms with Gasteiger partial charge in [-0.05, 0) is 24.5 Å². The van der Waals surface area contributed by atoms with Crippen LogP contribution in [0.5, 0.6) is 5.88 Å². The van der Waals surface area contributed by atoms with Crippen LogP contribution in [0.4, 0.5) is 5.95 Å². The first-order valence-corrected chi connectivity index (χ1v) is 6.42. The summed E-state index contributed by atoms with van der Waals surface area (Å²) in [5.41, 5.74) is 1.21. The first-order valence-electron chi connectivity index (χ1n) is 6.42. The van der Waals surface area contributed by atoms with Crippen LogP contribution in [0.15, 0.2) is 36.8 Å². The number of hydrogen-bond donors (Lipinski definition) is 0. The minimum Gasteiger partial charge on any atom is -0.481 e. The number of anilines is 1. The maximum atomic E-state index is 5.17. The summed E-state index contributed by atoms with van der Waals surface area (Å²) in [7, 11) is 1.62. The molecule has 0 spiro atoms.